The lowest BCUT2D eigenvalue weighted by molar-refractivity contribution is -0.117. The molecule has 0 atom stereocenters. The molecule has 2 nitrogen and oxygen atoms in total. The predicted molar refractivity (Wildman–Crippen MR) is 51.8 cm³/mol. The molecule has 0 aliphatic rings. The summed E-state index contributed by atoms with van der Waals surface area (Å²) >= 11 is 1.31. The summed E-state index contributed by atoms with van der Waals surface area (Å²) < 4.78 is 0. The van der Waals surface area contributed by atoms with Gasteiger partial charge in [-0.1, -0.05) is 12.8 Å². The van der Waals surface area contributed by atoms with Crippen LogP contribution in [0.5, 0.6) is 0 Å². The molecule has 0 radical (unpaired) electrons. The van der Waals surface area contributed by atoms with Crippen molar-refractivity contribution in [2.24, 2.45) is 0 Å². The van der Waals surface area contributed by atoms with Crippen molar-refractivity contribution in [1.29, 1.82) is 5.26 Å². The van der Waals surface area contributed by atoms with Crippen LogP contribution in [0.15, 0.2) is 0 Å². The van der Waals surface area contributed by atoms with Crippen molar-refractivity contribution in [3.63, 3.8) is 0 Å². The van der Waals surface area contributed by atoms with Crippen LogP contribution >= 0.6 is 11.8 Å². The third kappa shape index (κ3) is 9.51. The number of carbonyl (C=O) groups excluding carboxylic acids is 1. The van der Waals surface area contributed by atoms with Crippen molar-refractivity contribution in [3.8, 4) is 5.40 Å². The second-order valence-electron chi connectivity index (χ2n) is 2.81. The number of carbonyl (C=O) groups is 1. The zero-order valence-electron chi connectivity index (χ0n) is 7.51. The lowest BCUT2D eigenvalue weighted by atomic mass is 10.1. The minimum absolute atomic E-state index is 0.279. The number of thiocyanates is 1. The molecule has 0 bridgehead atoms. The molecule has 0 unspecified atom stereocenters. The highest BCUT2D eigenvalue weighted by molar-refractivity contribution is 8.03. The first-order valence-corrected chi connectivity index (χ1v) is 5.26. The van der Waals surface area contributed by atoms with Crippen molar-refractivity contribution in [2.45, 2.75) is 39.0 Å². The summed E-state index contributed by atoms with van der Waals surface area (Å²) in [6.45, 7) is 1.63. The maximum Gasteiger partial charge on any atom is 0.133 e. The van der Waals surface area contributed by atoms with Crippen LogP contribution in [0.2, 0.25) is 0 Å². The Bertz CT molecular complexity index is 162. The van der Waals surface area contributed by atoms with Crippen LogP contribution in [0, 0.1) is 10.7 Å². The summed E-state index contributed by atoms with van der Waals surface area (Å²) in [5.41, 5.74) is 0. The third-order valence-corrected chi connectivity index (χ3v) is 2.21. The zero-order valence-corrected chi connectivity index (χ0v) is 8.32. The molecule has 0 aromatic heterocycles. The van der Waals surface area contributed by atoms with Crippen LogP contribution < -0.4 is 0 Å². The Morgan fingerprint density at radius 3 is 2.58 bits per heavy atom. The van der Waals surface area contributed by atoms with E-state index in [-0.39, 0.29) is 5.78 Å². The number of Topliss-reactive ketones (excluding diaryl/α,β-unsaturated/α-hetero) is 1. The molecule has 0 rings (SSSR count). The molecule has 0 aliphatic heterocycles. The molecule has 0 aromatic carbocycles. The molecule has 0 heterocycles. The van der Waals surface area contributed by atoms with E-state index in [1.54, 1.807) is 6.92 Å². The minimum Gasteiger partial charge on any atom is -0.300 e. The van der Waals surface area contributed by atoms with Crippen molar-refractivity contribution in [2.75, 3.05) is 5.75 Å². The number of nitrogens with zero attached hydrogens (tertiary/aromatic N) is 1. The highest BCUT2D eigenvalue weighted by Gasteiger charge is 1.93. The Morgan fingerprint density at radius 2 is 2.00 bits per heavy atom. The van der Waals surface area contributed by atoms with Gasteiger partial charge in [0, 0.05) is 12.2 Å². The van der Waals surface area contributed by atoms with E-state index in [1.807, 2.05) is 5.40 Å². The van der Waals surface area contributed by atoms with Crippen molar-refractivity contribution in [1.82, 2.24) is 0 Å². The van der Waals surface area contributed by atoms with Crippen molar-refractivity contribution < 1.29 is 4.79 Å². The van der Waals surface area contributed by atoms with Gasteiger partial charge in [-0.2, -0.15) is 5.26 Å². The van der Waals surface area contributed by atoms with Crippen LogP contribution in [0.1, 0.15) is 39.0 Å². The summed E-state index contributed by atoms with van der Waals surface area (Å²) in [4.78, 5) is 10.5. The number of ketones is 1. The van der Waals surface area contributed by atoms with Gasteiger partial charge in [0.2, 0.25) is 0 Å². The van der Waals surface area contributed by atoms with Gasteiger partial charge in [0.05, 0.1) is 0 Å². The monoisotopic (exact) mass is 185 g/mol. The summed E-state index contributed by atoms with van der Waals surface area (Å²) in [5, 5.41) is 10.2. The van der Waals surface area contributed by atoms with E-state index >= 15 is 0 Å². The third-order valence-electron chi connectivity index (χ3n) is 1.59. The molecule has 3 heteroatoms. The maximum absolute atomic E-state index is 10.5. The van der Waals surface area contributed by atoms with E-state index in [1.165, 1.54) is 11.8 Å². The summed E-state index contributed by atoms with van der Waals surface area (Å²) in [6, 6.07) is 0. The quantitative estimate of drug-likeness (QED) is 0.452. The molecule has 68 valence electrons. The Morgan fingerprint density at radius 1 is 1.33 bits per heavy atom. The lowest BCUT2D eigenvalue weighted by Gasteiger charge is -1.96. The second kappa shape index (κ2) is 8.61. The van der Waals surface area contributed by atoms with Crippen LogP contribution in [0.3, 0.4) is 0 Å². The van der Waals surface area contributed by atoms with Crippen molar-refractivity contribution in [3.05, 3.63) is 0 Å². The molecule has 0 aromatic rings. The Hall–Kier alpha value is -0.490. The molecular weight excluding hydrogens is 170 g/mol. The largest absolute Gasteiger partial charge is 0.300 e. The SMILES string of the molecule is CC(=O)CCCCCCSC#N. The predicted octanol–water partition coefficient (Wildman–Crippen LogP) is 2.74. The van der Waals surface area contributed by atoms with Gasteiger partial charge in [0.25, 0.3) is 0 Å². The van der Waals surface area contributed by atoms with Crippen LogP contribution in [0.25, 0.3) is 0 Å². The molecule has 0 N–H and O–H groups in total. The molecule has 0 aliphatic carbocycles. The number of hydrogen-bond acceptors (Lipinski definition) is 3. The molecule has 12 heavy (non-hydrogen) atoms. The summed E-state index contributed by atoms with van der Waals surface area (Å²) in [5.74, 6) is 1.21. The van der Waals surface area contributed by atoms with E-state index in [0.29, 0.717) is 6.42 Å². The van der Waals surface area contributed by atoms with Gasteiger partial charge >= 0.3 is 0 Å². The summed E-state index contributed by atoms with van der Waals surface area (Å²) in [7, 11) is 0. The average Bonchev–Trinajstić information content (AvgIpc) is 2.02. The first-order valence-electron chi connectivity index (χ1n) is 4.27. The van der Waals surface area contributed by atoms with Crippen LogP contribution in [-0.4, -0.2) is 11.5 Å². The molecule has 0 spiro atoms. The van der Waals surface area contributed by atoms with Gasteiger partial charge in [-0.05, 0) is 31.5 Å². The Balaban J connectivity index is 2.92. The standard InChI is InChI=1S/C9H15NOS/c1-9(11)6-4-2-3-5-7-12-8-10/h2-7H2,1H3. The van der Waals surface area contributed by atoms with Gasteiger partial charge in [0.1, 0.15) is 11.2 Å². The number of unbranched alkanes of at least 4 members (excludes halogenated alkanes) is 3. The highest BCUT2D eigenvalue weighted by atomic mass is 32.2. The topological polar surface area (TPSA) is 40.9 Å². The van der Waals surface area contributed by atoms with Gasteiger partial charge in [-0.25, -0.2) is 0 Å². The zero-order chi connectivity index (χ0) is 9.23. The molecule has 0 saturated carbocycles. The average molecular weight is 185 g/mol. The van der Waals surface area contributed by atoms with E-state index in [4.69, 9.17) is 5.26 Å². The van der Waals surface area contributed by atoms with Gasteiger partial charge < -0.3 is 4.79 Å². The molecule has 0 fully saturated rings. The number of thioether (sulfide) groups is 1. The van der Waals surface area contributed by atoms with Gasteiger partial charge in [-0.3, -0.25) is 0 Å². The smallest absolute Gasteiger partial charge is 0.133 e. The van der Waals surface area contributed by atoms with Crippen LogP contribution in [0.4, 0.5) is 0 Å². The first-order chi connectivity index (χ1) is 5.77. The van der Waals surface area contributed by atoms with Gasteiger partial charge in [0.15, 0.2) is 0 Å². The maximum atomic E-state index is 10.5. The Kier molecular flexibility index (Phi) is 8.25. The van der Waals surface area contributed by atoms with E-state index in [9.17, 15) is 4.79 Å². The van der Waals surface area contributed by atoms with Crippen LogP contribution in [-0.2, 0) is 4.79 Å². The van der Waals surface area contributed by atoms with Gasteiger partial charge in [-0.15, -0.1) is 0 Å². The molecule has 0 amide bonds. The van der Waals surface area contributed by atoms with E-state index in [2.05, 4.69) is 0 Å². The second-order valence-corrected chi connectivity index (χ2v) is 3.69. The fraction of sp³-hybridized carbons (Fsp3) is 0.778. The molecular formula is C9H15NOS. The summed E-state index contributed by atoms with van der Waals surface area (Å²) in [6.07, 6.45) is 5.07. The highest BCUT2D eigenvalue weighted by Crippen LogP contribution is 2.07. The van der Waals surface area contributed by atoms with Crippen molar-refractivity contribution >= 4 is 17.5 Å². The fourth-order valence-electron chi connectivity index (χ4n) is 0.947. The Labute approximate surface area is 78.3 Å². The minimum atomic E-state index is 0.279. The number of nitriles is 1. The van der Waals surface area contributed by atoms with E-state index in [0.717, 1.165) is 31.4 Å². The normalized spacial score (nSPS) is 9.33. The number of rotatable bonds is 7. The number of hydrogen-bond donors (Lipinski definition) is 0. The lowest BCUT2D eigenvalue weighted by Crippen LogP contribution is -1.89. The fourth-order valence-corrected chi connectivity index (χ4v) is 1.39. The molecule has 0 saturated heterocycles. The van der Waals surface area contributed by atoms with E-state index < -0.39 is 0 Å². The first kappa shape index (κ1) is 11.5.